The third kappa shape index (κ3) is 5.25. The quantitative estimate of drug-likeness (QED) is 0.832. The predicted molar refractivity (Wildman–Crippen MR) is 108 cm³/mol. The van der Waals surface area contributed by atoms with Gasteiger partial charge in [-0.3, -0.25) is 0 Å². The van der Waals surface area contributed by atoms with E-state index in [-0.39, 0.29) is 18.2 Å². The molecule has 1 fully saturated rings. The summed E-state index contributed by atoms with van der Waals surface area (Å²) in [6.07, 6.45) is 1.43. The molecule has 0 bridgehead atoms. The smallest absolute Gasteiger partial charge is 0.409 e. The number of benzene rings is 2. The number of hydrogen-bond acceptors (Lipinski definition) is 3. The van der Waals surface area contributed by atoms with Crippen LogP contribution in [0.1, 0.15) is 30.0 Å². The molecular formula is C22H27N3O3. The summed E-state index contributed by atoms with van der Waals surface area (Å²) in [7, 11) is 1.40. The van der Waals surface area contributed by atoms with Gasteiger partial charge in [0.15, 0.2) is 0 Å². The zero-order valence-electron chi connectivity index (χ0n) is 16.1. The van der Waals surface area contributed by atoms with Gasteiger partial charge in [0, 0.05) is 19.6 Å². The number of nitrogens with zero attached hydrogens (tertiary/aromatic N) is 1. The number of hydrogen-bond donors (Lipinski definition) is 2. The fourth-order valence-corrected chi connectivity index (χ4v) is 3.52. The molecule has 1 aliphatic rings. The second-order valence-electron chi connectivity index (χ2n) is 7.01. The molecule has 6 heteroatoms. The Morgan fingerprint density at radius 2 is 1.54 bits per heavy atom. The van der Waals surface area contributed by atoms with E-state index >= 15 is 0 Å². The van der Waals surface area contributed by atoms with Crippen LogP contribution in [0.3, 0.4) is 0 Å². The van der Waals surface area contributed by atoms with Crippen molar-refractivity contribution in [1.82, 2.24) is 15.5 Å². The van der Waals surface area contributed by atoms with Crippen LogP contribution in [0.25, 0.3) is 0 Å². The molecule has 2 aromatic carbocycles. The van der Waals surface area contributed by atoms with Crippen LogP contribution in [0, 0.1) is 5.92 Å². The van der Waals surface area contributed by atoms with Gasteiger partial charge in [-0.25, -0.2) is 9.59 Å². The van der Waals surface area contributed by atoms with Crippen LogP contribution >= 0.6 is 0 Å². The predicted octanol–water partition coefficient (Wildman–Crippen LogP) is 3.55. The molecule has 1 heterocycles. The van der Waals surface area contributed by atoms with Crippen LogP contribution in [-0.2, 0) is 4.74 Å². The molecule has 1 aliphatic heterocycles. The van der Waals surface area contributed by atoms with Crippen molar-refractivity contribution in [1.29, 1.82) is 0 Å². The van der Waals surface area contributed by atoms with Gasteiger partial charge in [-0.05, 0) is 29.9 Å². The van der Waals surface area contributed by atoms with Gasteiger partial charge in [0.25, 0.3) is 0 Å². The van der Waals surface area contributed by atoms with Gasteiger partial charge in [0.1, 0.15) is 0 Å². The van der Waals surface area contributed by atoms with E-state index in [0.29, 0.717) is 25.6 Å². The monoisotopic (exact) mass is 381 g/mol. The van der Waals surface area contributed by atoms with Gasteiger partial charge < -0.3 is 20.3 Å². The van der Waals surface area contributed by atoms with Gasteiger partial charge in [0.2, 0.25) is 0 Å². The van der Waals surface area contributed by atoms with Crippen LogP contribution in [0.2, 0.25) is 0 Å². The Bertz CT molecular complexity index is 720. The molecule has 3 rings (SSSR count). The maximum Gasteiger partial charge on any atom is 0.409 e. The summed E-state index contributed by atoms with van der Waals surface area (Å²) in [5.74, 6) is 0.360. The molecule has 1 saturated heterocycles. The molecule has 0 atom stereocenters. The lowest BCUT2D eigenvalue weighted by Gasteiger charge is -2.31. The Hall–Kier alpha value is -3.02. The Morgan fingerprint density at radius 3 is 2.04 bits per heavy atom. The highest BCUT2D eigenvalue weighted by Crippen LogP contribution is 2.22. The van der Waals surface area contributed by atoms with Gasteiger partial charge in [0.05, 0.1) is 13.2 Å². The Morgan fingerprint density at radius 1 is 1.00 bits per heavy atom. The third-order valence-electron chi connectivity index (χ3n) is 5.14. The first-order chi connectivity index (χ1) is 13.7. The van der Waals surface area contributed by atoms with E-state index in [0.717, 1.165) is 24.0 Å². The molecule has 0 aliphatic carbocycles. The SMILES string of the molecule is COC(=O)N1CCC(CNC(=O)NC(c2ccccc2)c2ccccc2)CC1. The fourth-order valence-electron chi connectivity index (χ4n) is 3.52. The first-order valence-corrected chi connectivity index (χ1v) is 9.64. The summed E-state index contributed by atoms with van der Waals surface area (Å²) in [4.78, 5) is 25.8. The maximum absolute atomic E-state index is 12.6. The minimum Gasteiger partial charge on any atom is -0.453 e. The molecule has 0 saturated carbocycles. The lowest BCUT2D eigenvalue weighted by molar-refractivity contribution is 0.106. The second kappa shape index (κ2) is 9.78. The number of ether oxygens (including phenoxy) is 1. The summed E-state index contributed by atoms with van der Waals surface area (Å²) in [5.41, 5.74) is 2.07. The number of urea groups is 1. The molecule has 2 aromatic rings. The lowest BCUT2D eigenvalue weighted by atomic mass is 9.97. The zero-order valence-corrected chi connectivity index (χ0v) is 16.1. The number of carbonyl (C=O) groups excluding carboxylic acids is 2. The maximum atomic E-state index is 12.6. The minimum atomic E-state index is -0.280. The summed E-state index contributed by atoms with van der Waals surface area (Å²) in [6, 6.07) is 19.5. The summed E-state index contributed by atoms with van der Waals surface area (Å²) in [5, 5.41) is 6.09. The molecule has 0 unspecified atom stereocenters. The molecule has 0 spiro atoms. The standard InChI is InChI=1S/C22H27N3O3/c1-28-22(27)25-14-12-17(13-15-25)16-23-21(26)24-20(18-8-4-2-5-9-18)19-10-6-3-7-11-19/h2-11,17,20H,12-16H2,1H3,(H2,23,24,26). The van der Waals surface area contributed by atoms with Crippen LogP contribution in [0.15, 0.2) is 60.7 Å². The first kappa shape index (κ1) is 19.7. The van der Waals surface area contributed by atoms with Gasteiger partial charge >= 0.3 is 12.1 Å². The highest BCUT2D eigenvalue weighted by molar-refractivity contribution is 5.75. The van der Waals surface area contributed by atoms with E-state index in [1.807, 2.05) is 60.7 Å². The van der Waals surface area contributed by atoms with Gasteiger partial charge in [-0.15, -0.1) is 0 Å². The highest BCUT2D eigenvalue weighted by atomic mass is 16.5. The molecule has 0 radical (unpaired) electrons. The third-order valence-corrected chi connectivity index (χ3v) is 5.14. The molecule has 2 N–H and O–H groups in total. The number of amides is 3. The largest absolute Gasteiger partial charge is 0.453 e. The van der Waals surface area contributed by atoms with Crippen molar-refractivity contribution in [3.05, 3.63) is 71.8 Å². The zero-order chi connectivity index (χ0) is 19.8. The van der Waals surface area contributed by atoms with Crippen molar-refractivity contribution in [2.24, 2.45) is 5.92 Å². The van der Waals surface area contributed by atoms with E-state index in [2.05, 4.69) is 10.6 Å². The highest BCUT2D eigenvalue weighted by Gasteiger charge is 2.24. The van der Waals surface area contributed by atoms with Crippen LogP contribution in [0.5, 0.6) is 0 Å². The van der Waals surface area contributed by atoms with Crippen molar-refractivity contribution in [2.45, 2.75) is 18.9 Å². The molecular weight excluding hydrogens is 354 g/mol. The normalized spacial score (nSPS) is 14.6. The van der Waals surface area contributed by atoms with Crippen molar-refractivity contribution in [3.8, 4) is 0 Å². The summed E-state index contributed by atoms with van der Waals surface area (Å²) >= 11 is 0. The van der Waals surface area contributed by atoms with Crippen molar-refractivity contribution < 1.29 is 14.3 Å². The van der Waals surface area contributed by atoms with Crippen molar-refractivity contribution in [3.63, 3.8) is 0 Å². The topological polar surface area (TPSA) is 70.7 Å². The van der Waals surface area contributed by atoms with Gasteiger partial charge in [-0.2, -0.15) is 0 Å². The Balaban J connectivity index is 1.54. The average molecular weight is 381 g/mol. The lowest BCUT2D eigenvalue weighted by Crippen LogP contribution is -2.44. The number of nitrogens with one attached hydrogen (secondary N) is 2. The summed E-state index contributed by atoms with van der Waals surface area (Å²) in [6.45, 7) is 1.92. The van der Waals surface area contributed by atoms with Crippen LogP contribution in [-0.4, -0.2) is 43.8 Å². The summed E-state index contributed by atoms with van der Waals surface area (Å²) < 4.78 is 4.76. The van der Waals surface area contributed by atoms with E-state index in [9.17, 15) is 9.59 Å². The van der Waals surface area contributed by atoms with Crippen molar-refractivity contribution in [2.75, 3.05) is 26.7 Å². The molecule has 0 aromatic heterocycles. The molecule has 148 valence electrons. The molecule has 6 nitrogen and oxygen atoms in total. The first-order valence-electron chi connectivity index (χ1n) is 9.64. The van der Waals surface area contributed by atoms with Gasteiger partial charge in [-0.1, -0.05) is 60.7 Å². The minimum absolute atomic E-state index is 0.187. The fraction of sp³-hybridized carbons (Fsp3) is 0.364. The molecule has 3 amide bonds. The van der Waals surface area contributed by atoms with E-state index < -0.39 is 0 Å². The molecule has 28 heavy (non-hydrogen) atoms. The van der Waals surface area contributed by atoms with Crippen molar-refractivity contribution >= 4 is 12.1 Å². The number of carbonyl (C=O) groups is 2. The van der Waals surface area contributed by atoms with E-state index in [1.54, 1.807) is 4.90 Å². The average Bonchev–Trinajstić information content (AvgIpc) is 2.77. The van der Waals surface area contributed by atoms with Crippen LogP contribution < -0.4 is 10.6 Å². The number of piperidine rings is 1. The number of rotatable bonds is 5. The van der Waals surface area contributed by atoms with E-state index in [4.69, 9.17) is 4.74 Å². The number of methoxy groups -OCH3 is 1. The Kier molecular flexibility index (Phi) is 6.89. The van der Waals surface area contributed by atoms with Crippen LogP contribution in [0.4, 0.5) is 9.59 Å². The Labute approximate surface area is 165 Å². The number of likely N-dealkylation sites (tertiary alicyclic amines) is 1. The van der Waals surface area contributed by atoms with E-state index in [1.165, 1.54) is 7.11 Å². The second-order valence-corrected chi connectivity index (χ2v) is 7.01.